The molecule has 0 aliphatic carbocycles. The van der Waals surface area contributed by atoms with E-state index in [-0.39, 0.29) is 5.75 Å². The second-order valence-electron chi connectivity index (χ2n) is 6.65. The van der Waals surface area contributed by atoms with Crippen molar-refractivity contribution in [3.05, 3.63) is 48.2 Å². The Kier molecular flexibility index (Phi) is 6.94. The van der Waals surface area contributed by atoms with Gasteiger partial charge in [-0.25, -0.2) is 4.98 Å². The molecule has 3 rings (SSSR count). The summed E-state index contributed by atoms with van der Waals surface area (Å²) in [5, 5.41) is 13.1. The van der Waals surface area contributed by atoms with Gasteiger partial charge in [0.1, 0.15) is 5.82 Å². The summed E-state index contributed by atoms with van der Waals surface area (Å²) in [6, 6.07) is 11.5. The minimum Gasteiger partial charge on any atom is -0.504 e. The Hall–Kier alpha value is -2.96. The van der Waals surface area contributed by atoms with Crippen molar-refractivity contribution >= 4 is 11.8 Å². The van der Waals surface area contributed by atoms with Crippen LogP contribution in [0.4, 0.5) is 5.82 Å². The van der Waals surface area contributed by atoms with Gasteiger partial charge >= 0.3 is 0 Å². The topological polar surface area (TPSA) is 73.2 Å². The van der Waals surface area contributed by atoms with Gasteiger partial charge in [-0.1, -0.05) is 12.1 Å². The molecule has 7 nitrogen and oxygen atoms in total. The minimum atomic E-state index is 0.161. The number of phenolic OH excluding ortho intramolecular Hbond substituents is 1. The van der Waals surface area contributed by atoms with Gasteiger partial charge in [0.05, 0.1) is 7.11 Å². The molecular formula is C21H29N5O2. The number of phenols is 1. The molecule has 1 saturated heterocycles. The highest BCUT2D eigenvalue weighted by Gasteiger charge is 2.20. The standard InChI is InChI=1S/C21H29N5O2/c1-3-22-21(24-11-9-17-7-8-18(27)19(16-17)28-2)26-14-12-25(13-15-26)20-6-4-5-10-23-20/h4-8,10,16,27H,3,9,11-15H2,1-2H3,(H,22,24). The van der Waals surface area contributed by atoms with E-state index >= 15 is 0 Å². The first-order chi connectivity index (χ1) is 13.7. The Morgan fingerprint density at radius 2 is 2.04 bits per heavy atom. The second-order valence-corrected chi connectivity index (χ2v) is 6.65. The average molecular weight is 383 g/mol. The monoisotopic (exact) mass is 383 g/mol. The van der Waals surface area contributed by atoms with E-state index in [4.69, 9.17) is 9.73 Å². The van der Waals surface area contributed by atoms with Crippen LogP contribution < -0.4 is 15.0 Å². The van der Waals surface area contributed by atoms with Crippen molar-refractivity contribution < 1.29 is 9.84 Å². The first-order valence-corrected chi connectivity index (χ1v) is 9.76. The number of aromatic nitrogens is 1. The molecule has 0 saturated carbocycles. The molecule has 150 valence electrons. The number of rotatable bonds is 6. The van der Waals surface area contributed by atoms with Crippen LogP contribution in [0.1, 0.15) is 12.5 Å². The molecule has 1 aromatic heterocycles. The summed E-state index contributed by atoms with van der Waals surface area (Å²) in [6.07, 6.45) is 2.63. The zero-order valence-electron chi connectivity index (χ0n) is 16.6. The van der Waals surface area contributed by atoms with Gasteiger partial charge in [0.15, 0.2) is 17.5 Å². The van der Waals surface area contributed by atoms with Crippen molar-refractivity contribution in [3.63, 3.8) is 0 Å². The highest BCUT2D eigenvalue weighted by Crippen LogP contribution is 2.26. The number of aromatic hydroxyl groups is 1. The van der Waals surface area contributed by atoms with Gasteiger partial charge < -0.3 is 25.0 Å². The summed E-state index contributed by atoms with van der Waals surface area (Å²) in [6.45, 7) is 7.28. The molecule has 1 aliphatic heterocycles. The third-order valence-corrected chi connectivity index (χ3v) is 4.79. The summed E-state index contributed by atoms with van der Waals surface area (Å²) in [7, 11) is 1.56. The molecule has 1 aliphatic rings. The van der Waals surface area contributed by atoms with E-state index in [0.29, 0.717) is 12.3 Å². The zero-order chi connectivity index (χ0) is 19.8. The third-order valence-electron chi connectivity index (χ3n) is 4.79. The van der Waals surface area contributed by atoms with Crippen molar-refractivity contribution in [2.24, 2.45) is 4.99 Å². The van der Waals surface area contributed by atoms with Gasteiger partial charge in [-0.05, 0) is 43.2 Å². The fourth-order valence-electron chi connectivity index (χ4n) is 3.28. The molecule has 0 unspecified atom stereocenters. The molecule has 0 amide bonds. The van der Waals surface area contributed by atoms with E-state index in [1.165, 1.54) is 0 Å². The molecular weight excluding hydrogens is 354 g/mol. The molecule has 0 spiro atoms. The number of nitrogens with zero attached hydrogens (tertiary/aromatic N) is 4. The second kappa shape index (κ2) is 9.82. The number of hydrogen-bond acceptors (Lipinski definition) is 5. The number of benzene rings is 1. The third kappa shape index (κ3) is 5.06. The molecule has 1 aromatic carbocycles. The fraction of sp³-hybridized carbons (Fsp3) is 0.429. The normalized spacial score (nSPS) is 14.9. The first kappa shape index (κ1) is 19.8. The van der Waals surface area contributed by atoms with Crippen molar-refractivity contribution in [1.82, 2.24) is 15.2 Å². The van der Waals surface area contributed by atoms with Gasteiger partial charge in [0, 0.05) is 45.5 Å². The van der Waals surface area contributed by atoms with E-state index in [1.54, 1.807) is 13.2 Å². The smallest absolute Gasteiger partial charge is 0.194 e. The number of ether oxygens (including phenoxy) is 1. The van der Waals surface area contributed by atoms with Gasteiger partial charge in [0.25, 0.3) is 0 Å². The maximum absolute atomic E-state index is 9.71. The molecule has 0 atom stereocenters. The van der Waals surface area contributed by atoms with Crippen LogP contribution in [0.3, 0.4) is 0 Å². The lowest BCUT2D eigenvalue weighted by molar-refractivity contribution is 0.371. The SMILES string of the molecule is CCNC(=NCCc1ccc(O)c(OC)c1)N1CCN(c2ccccn2)CC1. The number of nitrogens with one attached hydrogen (secondary N) is 1. The van der Waals surface area contributed by atoms with Crippen LogP contribution in [-0.2, 0) is 6.42 Å². The lowest BCUT2D eigenvalue weighted by atomic mass is 10.1. The number of guanidine groups is 1. The van der Waals surface area contributed by atoms with Gasteiger partial charge in [-0.2, -0.15) is 0 Å². The summed E-state index contributed by atoms with van der Waals surface area (Å²) < 4.78 is 5.18. The summed E-state index contributed by atoms with van der Waals surface area (Å²) in [5.74, 6) is 2.65. The molecule has 2 N–H and O–H groups in total. The van der Waals surface area contributed by atoms with Gasteiger partial charge in [0.2, 0.25) is 0 Å². The Morgan fingerprint density at radius 3 is 2.71 bits per heavy atom. The van der Waals surface area contributed by atoms with Crippen molar-refractivity contribution in [2.75, 3.05) is 51.3 Å². The lowest BCUT2D eigenvalue weighted by Gasteiger charge is -2.37. The summed E-state index contributed by atoms with van der Waals surface area (Å²) in [5.41, 5.74) is 1.09. The Morgan fingerprint density at radius 1 is 1.21 bits per heavy atom. The zero-order valence-corrected chi connectivity index (χ0v) is 16.6. The maximum atomic E-state index is 9.71. The minimum absolute atomic E-state index is 0.161. The van der Waals surface area contributed by atoms with Crippen LogP contribution in [0, 0.1) is 0 Å². The summed E-state index contributed by atoms with van der Waals surface area (Å²) in [4.78, 5) is 13.9. The lowest BCUT2D eigenvalue weighted by Crippen LogP contribution is -2.52. The van der Waals surface area contributed by atoms with Gasteiger partial charge in [-0.3, -0.25) is 4.99 Å². The first-order valence-electron chi connectivity index (χ1n) is 9.76. The number of piperazine rings is 1. The average Bonchev–Trinajstić information content (AvgIpc) is 2.75. The Bertz CT molecular complexity index is 774. The van der Waals surface area contributed by atoms with Crippen molar-refractivity contribution in [2.45, 2.75) is 13.3 Å². The van der Waals surface area contributed by atoms with Crippen LogP contribution in [0.25, 0.3) is 0 Å². The summed E-state index contributed by atoms with van der Waals surface area (Å²) >= 11 is 0. The number of methoxy groups -OCH3 is 1. The van der Waals surface area contributed by atoms with Crippen molar-refractivity contribution in [1.29, 1.82) is 0 Å². The van der Waals surface area contributed by atoms with Crippen LogP contribution in [0.15, 0.2) is 47.6 Å². The van der Waals surface area contributed by atoms with Crippen LogP contribution in [-0.4, -0.2) is 67.3 Å². The molecule has 2 aromatic rings. The molecule has 28 heavy (non-hydrogen) atoms. The van der Waals surface area contributed by atoms with Gasteiger partial charge in [-0.15, -0.1) is 0 Å². The van der Waals surface area contributed by atoms with E-state index in [2.05, 4.69) is 33.1 Å². The number of anilines is 1. The largest absolute Gasteiger partial charge is 0.504 e. The van der Waals surface area contributed by atoms with E-state index in [0.717, 1.165) is 56.5 Å². The van der Waals surface area contributed by atoms with E-state index in [9.17, 15) is 5.11 Å². The highest BCUT2D eigenvalue weighted by molar-refractivity contribution is 5.80. The van der Waals surface area contributed by atoms with Crippen molar-refractivity contribution in [3.8, 4) is 11.5 Å². The Labute approximate surface area is 166 Å². The fourth-order valence-corrected chi connectivity index (χ4v) is 3.28. The van der Waals surface area contributed by atoms with Crippen LogP contribution >= 0.6 is 0 Å². The highest BCUT2D eigenvalue weighted by atomic mass is 16.5. The molecule has 7 heteroatoms. The number of hydrogen-bond donors (Lipinski definition) is 2. The Balaban J connectivity index is 1.57. The maximum Gasteiger partial charge on any atom is 0.194 e. The molecule has 1 fully saturated rings. The quantitative estimate of drug-likeness (QED) is 0.588. The molecule has 2 heterocycles. The molecule has 0 bridgehead atoms. The van der Waals surface area contributed by atoms with Crippen LogP contribution in [0.2, 0.25) is 0 Å². The van der Waals surface area contributed by atoms with E-state index in [1.807, 2.05) is 30.5 Å². The number of aliphatic imine (C=N–C) groups is 1. The molecule has 0 radical (unpaired) electrons. The van der Waals surface area contributed by atoms with Crippen LogP contribution in [0.5, 0.6) is 11.5 Å². The predicted octanol–water partition coefficient (Wildman–Crippen LogP) is 2.13. The number of pyridine rings is 1. The predicted molar refractivity (Wildman–Crippen MR) is 112 cm³/mol. The van der Waals surface area contributed by atoms with E-state index < -0.39 is 0 Å².